The van der Waals surface area contributed by atoms with E-state index in [1.165, 1.54) is 7.11 Å². The Labute approximate surface area is 127 Å². The minimum absolute atomic E-state index is 0.361. The van der Waals surface area contributed by atoms with Crippen molar-refractivity contribution in [1.29, 1.82) is 0 Å². The van der Waals surface area contributed by atoms with Crippen LogP contribution in [-0.2, 0) is 11.3 Å². The molecule has 2 rings (SSSR count). The molecule has 0 radical (unpaired) electrons. The number of carbonyl (C=O) groups excluding carboxylic acids is 1. The maximum atomic E-state index is 11.7. The Morgan fingerprint density at radius 3 is 2.70 bits per heavy atom. The highest BCUT2D eigenvalue weighted by Crippen LogP contribution is 2.26. The van der Waals surface area contributed by atoms with Crippen LogP contribution < -0.4 is 5.32 Å². The Balaban J connectivity index is 2.19. The van der Waals surface area contributed by atoms with E-state index >= 15 is 0 Å². The lowest BCUT2D eigenvalue weighted by Crippen LogP contribution is -2.09. The van der Waals surface area contributed by atoms with Crippen LogP contribution in [0.4, 0.5) is 5.69 Å². The fourth-order valence-electron chi connectivity index (χ4n) is 1.81. The predicted octanol–water partition coefficient (Wildman–Crippen LogP) is 4.39. The van der Waals surface area contributed by atoms with Gasteiger partial charge in [-0.25, -0.2) is 4.79 Å². The highest BCUT2D eigenvalue weighted by Gasteiger charge is 2.11. The van der Waals surface area contributed by atoms with Crippen LogP contribution in [-0.4, -0.2) is 13.1 Å². The average Bonchev–Trinajstić information content (AvgIpc) is 2.47. The first-order valence-corrected chi connectivity index (χ1v) is 6.72. The Morgan fingerprint density at radius 1 is 1.20 bits per heavy atom. The number of anilines is 1. The molecule has 20 heavy (non-hydrogen) atoms. The van der Waals surface area contributed by atoms with Crippen LogP contribution in [0.1, 0.15) is 15.9 Å². The second-order valence-corrected chi connectivity index (χ2v) is 4.97. The van der Waals surface area contributed by atoms with Gasteiger partial charge in [0.15, 0.2) is 0 Å². The summed E-state index contributed by atoms with van der Waals surface area (Å²) in [5.74, 6) is -0.361. The summed E-state index contributed by atoms with van der Waals surface area (Å²) >= 11 is 12.0. The quantitative estimate of drug-likeness (QED) is 0.851. The first-order chi connectivity index (χ1) is 9.61. The second-order valence-electron chi connectivity index (χ2n) is 4.13. The standard InChI is InChI=1S/C15H13Cl2NO2/c1-20-15(19)12-5-3-2-4-10(12)9-18-14-8-11(16)6-7-13(14)17/h2-8,18H,9H2,1H3. The third-order valence-corrected chi connectivity index (χ3v) is 3.39. The highest BCUT2D eigenvalue weighted by molar-refractivity contribution is 6.35. The molecular weight excluding hydrogens is 297 g/mol. The van der Waals surface area contributed by atoms with E-state index < -0.39 is 0 Å². The van der Waals surface area contributed by atoms with Crippen molar-refractivity contribution in [3.05, 3.63) is 63.6 Å². The van der Waals surface area contributed by atoms with E-state index in [9.17, 15) is 4.79 Å². The maximum absolute atomic E-state index is 11.7. The number of halogens is 2. The van der Waals surface area contributed by atoms with E-state index in [0.717, 1.165) is 11.3 Å². The topological polar surface area (TPSA) is 38.3 Å². The van der Waals surface area contributed by atoms with Gasteiger partial charge in [0.25, 0.3) is 0 Å². The summed E-state index contributed by atoms with van der Waals surface area (Å²) in [5.41, 5.74) is 2.08. The normalized spacial score (nSPS) is 10.2. The largest absolute Gasteiger partial charge is 0.465 e. The zero-order chi connectivity index (χ0) is 14.5. The Bertz CT molecular complexity index is 629. The lowest BCUT2D eigenvalue weighted by Gasteiger charge is -2.11. The number of benzene rings is 2. The molecule has 0 heterocycles. The number of esters is 1. The van der Waals surface area contributed by atoms with Gasteiger partial charge in [-0.15, -0.1) is 0 Å². The van der Waals surface area contributed by atoms with Crippen LogP contribution in [0.15, 0.2) is 42.5 Å². The second kappa shape index (κ2) is 6.64. The van der Waals surface area contributed by atoms with Gasteiger partial charge in [-0.1, -0.05) is 41.4 Å². The van der Waals surface area contributed by atoms with Crippen molar-refractivity contribution < 1.29 is 9.53 Å². The molecule has 2 aromatic rings. The molecule has 0 saturated heterocycles. The maximum Gasteiger partial charge on any atom is 0.338 e. The highest BCUT2D eigenvalue weighted by atomic mass is 35.5. The molecule has 0 unspecified atom stereocenters. The lowest BCUT2D eigenvalue weighted by atomic mass is 10.1. The number of hydrogen-bond donors (Lipinski definition) is 1. The van der Waals surface area contributed by atoms with E-state index in [1.807, 2.05) is 12.1 Å². The lowest BCUT2D eigenvalue weighted by molar-refractivity contribution is 0.0599. The summed E-state index contributed by atoms with van der Waals surface area (Å²) in [6, 6.07) is 12.4. The van der Waals surface area contributed by atoms with Crippen molar-refractivity contribution in [3.8, 4) is 0 Å². The van der Waals surface area contributed by atoms with Crippen LogP contribution in [0.25, 0.3) is 0 Å². The van der Waals surface area contributed by atoms with Gasteiger partial charge in [-0.05, 0) is 29.8 Å². The third kappa shape index (κ3) is 3.44. The van der Waals surface area contributed by atoms with E-state index in [1.54, 1.807) is 30.3 Å². The zero-order valence-corrected chi connectivity index (χ0v) is 12.3. The van der Waals surface area contributed by atoms with Gasteiger partial charge in [0, 0.05) is 11.6 Å². The van der Waals surface area contributed by atoms with Gasteiger partial charge in [-0.3, -0.25) is 0 Å². The third-order valence-electron chi connectivity index (χ3n) is 2.82. The molecule has 0 spiro atoms. The van der Waals surface area contributed by atoms with E-state index in [4.69, 9.17) is 27.9 Å². The molecule has 0 aliphatic heterocycles. The van der Waals surface area contributed by atoms with Crippen molar-refractivity contribution in [2.75, 3.05) is 12.4 Å². The van der Waals surface area contributed by atoms with E-state index in [2.05, 4.69) is 5.32 Å². The Kier molecular flexibility index (Phi) is 4.88. The fourth-order valence-corrected chi connectivity index (χ4v) is 2.16. The molecule has 104 valence electrons. The number of carbonyl (C=O) groups is 1. The fraction of sp³-hybridized carbons (Fsp3) is 0.133. The van der Waals surface area contributed by atoms with Crippen molar-refractivity contribution in [2.24, 2.45) is 0 Å². The van der Waals surface area contributed by atoms with Crippen LogP contribution in [0.2, 0.25) is 10.0 Å². The number of hydrogen-bond acceptors (Lipinski definition) is 3. The number of ether oxygens (including phenoxy) is 1. The molecule has 3 nitrogen and oxygen atoms in total. The van der Waals surface area contributed by atoms with Gasteiger partial charge in [0.2, 0.25) is 0 Å². The summed E-state index contributed by atoms with van der Waals surface area (Å²) in [6.45, 7) is 0.450. The monoisotopic (exact) mass is 309 g/mol. The number of nitrogens with one attached hydrogen (secondary N) is 1. The SMILES string of the molecule is COC(=O)c1ccccc1CNc1cc(Cl)ccc1Cl. The number of methoxy groups -OCH3 is 1. The van der Waals surface area contributed by atoms with Gasteiger partial charge in [-0.2, -0.15) is 0 Å². The van der Waals surface area contributed by atoms with Gasteiger partial charge >= 0.3 is 5.97 Å². The average molecular weight is 310 g/mol. The molecule has 0 saturated carbocycles. The molecule has 0 amide bonds. The van der Waals surface area contributed by atoms with Crippen molar-refractivity contribution in [3.63, 3.8) is 0 Å². The zero-order valence-electron chi connectivity index (χ0n) is 10.8. The van der Waals surface area contributed by atoms with Crippen LogP contribution in [0, 0.1) is 0 Å². The van der Waals surface area contributed by atoms with Crippen LogP contribution >= 0.6 is 23.2 Å². The van der Waals surface area contributed by atoms with Crippen LogP contribution in [0.3, 0.4) is 0 Å². The van der Waals surface area contributed by atoms with Crippen molar-refractivity contribution in [1.82, 2.24) is 0 Å². The van der Waals surface area contributed by atoms with Gasteiger partial charge in [0.05, 0.1) is 23.4 Å². The first kappa shape index (κ1) is 14.7. The molecule has 0 bridgehead atoms. The first-order valence-electron chi connectivity index (χ1n) is 5.97. The molecule has 2 aromatic carbocycles. The van der Waals surface area contributed by atoms with Gasteiger partial charge < -0.3 is 10.1 Å². The summed E-state index contributed by atoms with van der Waals surface area (Å²) in [6.07, 6.45) is 0. The van der Waals surface area contributed by atoms with Crippen molar-refractivity contribution >= 4 is 34.9 Å². The molecule has 5 heteroatoms. The summed E-state index contributed by atoms with van der Waals surface area (Å²) in [4.78, 5) is 11.7. The molecule has 0 fully saturated rings. The van der Waals surface area contributed by atoms with E-state index in [-0.39, 0.29) is 5.97 Å². The van der Waals surface area contributed by atoms with Crippen LogP contribution in [0.5, 0.6) is 0 Å². The Morgan fingerprint density at radius 2 is 1.95 bits per heavy atom. The molecule has 0 aliphatic carbocycles. The summed E-state index contributed by atoms with van der Waals surface area (Å²) in [7, 11) is 1.36. The minimum atomic E-state index is -0.361. The summed E-state index contributed by atoms with van der Waals surface area (Å²) in [5, 5.41) is 4.33. The molecule has 1 N–H and O–H groups in total. The predicted molar refractivity (Wildman–Crippen MR) is 81.6 cm³/mol. The molecule has 0 aliphatic rings. The molecule has 0 aromatic heterocycles. The summed E-state index contributed by atoms with van der Waals surface area (Å²) < 4.78 is 4.76. The van der Waals surface area contributed by atoms with Gasteiger partial charge in [0.1, 0.15) is 0 Å². The minimum Gasteiger partial charge on any atom is -0.465 e. The number of rotatable bonds is 4. The van der Waals surface area contributed by atoms with Crippen molar-refractivity contribution in [2.45, 2.75) is 6.54 Å². The van der Waals surface area contributed by atoms with E-state index in [0.29, 0.717) is 22.2 Å². The Hall–Kier alpha value is -1.71. The molecular formula is C15H13Cl2NO2. The smallest absolute Gasteiger partial charge is 0.338 e. The molecule has 0 atom stereocenters.